The number of carbonyl (C=O) groups excluding carboxylic acids is 1. The van der Waals surface area contributed by atoms with E-state index in [2.05, 4.69) is 12.2 Å². The van der Waals surface area contributed by atoms with Crippen molar-refractivity contribution in [2.45, 2.75) is 64.4 Å². The van der Waals surface area contributed by atoms with E-state index in [1.165, 1.54) is 12.8 Å². The molecule has 1 aliphatic heterocycles. The minimum absolute atomic E-state index is 0.180. The number of nitrogens with one attached hydrogen (secondary N) is 1. The lowest BCUT2D eigenvalue weighted by Crippen LogP contribution is -2.31. The first-order valence-corrected chi connectivity index (χ1v) is 13.2. The second-order valence-corrected chi connectivity index (χ2v) is 9.66. The third-order valence-electron chi connectivity index (χ3n) is 6.90. The summed E-state index contributed by atoms with van der Waals surface area (Å²) >= 11 is 0. The van der Waals surface area contributed by atoms with Crippen molar-refractivity contribution in [1.82, 2.24) is 5.32 Å². The van der Waals surface area contributed by atoms with E-state index >= 15 is 0 Å². The van der Waals surface area contributed by atoms with Gasteiger partial charge in [0.25, 0.3) is 5.91 Å². The minimum Gasteiger partial charge on any atom is -0.495 e. The molecule has 1 aliphatic carbocycles. The first kappa shape index (κ1) is 26.6. The Kier molecular flexibility index (Phi) is 8.79. The van der Waals surface area contributed by atoms with E-state index in [1.807, 2.05) is 18.2 Å². The second kappa shape index (κ2) is 12.2. The van der Waals surface area contributed by atoms with Crippen LogP contribution in [-0.2, 0) is 24.1 Å². The maximum absolute atomic E-state index is 12.3. The lowest BCUT2D eigenvalue weighted by atomic mass is 9.96. The van der Waals surface area contributed by atoms with Crippen molar-refractivity contribution < 1.29 is 33.6 Å². The molecule has 2 N–H and O–H groups in total. The summed E-state index contributed by atoms with van der Waals surface area (Å²) in [4.78, 5) is 23.8. The molecule has 0 saturated heterocycles. The Balaban J connectivity index is 1.40. The molecule has 0 aromatic heterocycles. The molecule has 2 aliphatic rings. The number of hydrogen-bond donors (Lipinski definition) is 2. The van der Waals surface area contributed by atoms with Crippen LogP contribution in [0.2, 0.25) is 0 Å². The number of carbonyl (C=O) groups is 2. The quantitative estimate of drug-likeness (QED) is 0.379. The number of benzene rings is 2. The molecule has 1 amide bonds. The van der Waals surface area contributed by atoms with Gasteiger partial charge in [-0.3, -0.25) is 4.79 Å². The van der Waals surface area contributed by atoms with Gasteiger partial charge >= 0.3 is 5.97 Å². The highest BCUT2D eigenvalue weighted by Gasteiger charge is 2.29. The van der Waals surface area contributed by atoms with Gasteiger partial charge in [-0.15, -0.1) is 0 Å². The van der Waals surface area contributed by atoms with Crippen molar-refractivity contribution >= 4 is 11.9 Å². The average molecular weight is 512 g/mol. The topological polar surface area (TPSA) is 103 Å². The summed E-state index contributed by atoms with van der Waals surface area (Å²) < 4.78 is 23.8. The van der Waals surface area contributed by atoms with Gasteiger partial charge in [0.15, 0.2) is 6.10 Å². The minimum atomic E-state index is -0.933. The van der Waals surface area contributed by atoms with E-state index in [0.29, 0.717) is 55.5 Å². The Morgan fingerprint density at radius 2 is 1.76 bits per heavy atom. The van der Waals surface area contributed by atoms with Crippen LogP contribution in [0.3, 0.4) is 0 Å². The van der Waals surface area contributed by atoms with Crippen LogP contribution in [0, 0.1) is 5.92 Å². The molecule has 1 fully saturated rings. The maximum Gasteiger partial charge on any atom is 0.344 e. The number of carboxylic acids is 1. The van der Waals surface area contributed by atoms with Crippen molar-refractivity contribution in [1.29, 1.82) is 0 Å². The summed E-state index contributed by atoms with van der Waals surface area (Å²) in [5.41, 5.74) is 3.43. The predicted molar refractivity (Wildman–Crippen MR) is 139 cm³/mol. The lowest BCUT2D eigenvalue weighted by molar-refractivity contribution is -0.145. The number of ether oxygens (including phenoxy) is 4. The molecule has 0 spiro atoms. The van der Waals surface area contributed by atoms with E-state index in [1.54, 1.807) is 20.2 Å². The zero-order chi connectivity index (χ0) is 26.4. The molecular formula is C29H37NO7. The first-order chi connectivity index (χ1) is 18.0. The van der Waals surface area contributed by atoms with Gasteiger partial charge in [-0.1, -0.05) is 19.4 Å². The number of aliphatic carboxylic acids is 1. The van der Waals surface area contributed by atoms with Gasteiger partial charge < -0.3 is 29.4 Å². The van der Waals surface area contributed by atoms with E-state index < -0.39 is 12.1 Å². The third kappa shape index (κ3) is 6.29. The molecule has 37 heavy (non-hydrogen) atoms. The number of aryl methyl sites for hydroxylation is 1. The van der Waals surface area contributed by atoms with Crippen molar-refractivity contribution in [3.05, 3.63) is 46.5 Å². The van der Waals surface area contributed by atoms with Crippen molar-refractivity contribution in [2.24, 2.45) is 5.92 Å². The van der Waals surface area contributed by atoms with E-state index in [9.17, 15) is 14.7 Å². The van der Waals surface area contributed by atoms with Crippen LogP contribution in [0.25, 0.3) is 0 Å². The molecule has 8 nitrogen and oxygen atoms in total. The summed E-state index contributed by atoms with van der Waals surface area (Å²) in [7, 11) is 3.20. The van der Waals surface area contributed by atoms with Gasteiger partial charge in [0.05, 0.1) is 25.9 Å². The van der Waals surface area contributed by atoms with E-state index in [4.69, 9.17) is 18.9 Å². The van der Waals surface area contributed by atoms with Crippen molar-refractivity contribution in [3.63, 3.8) is 0 Å². The van der Waals surface area contributed by atoms with Crippen molar-refractivity contribution in [2.75, 3.05) is 27.4 Å². The number of rotatable bonds is 13. The summed E-state index contributed by atoms with van der Waals surface area (Å²) in [6.07, 6.45) is 5.83. The Morgan fingerprint density at radius 1 is 1.05 bits per heavy atom. The molecule has 1 atom stereocenters. The van der Waals surface area contributed by atoms with Crippen LogP contribution < -0.4 is 24.3 Å². The monoisotopic (exact) mass is 511 g/mol. The summed E-state index contributed by atoms with van der Waals surface area (Å²) in [5, 5.41) is 12.1. The molecule has 8 heteroatoms. The Hall–Kier alpha value is -3.42. The molecule has 1 heterocycles. The fourth-order valence-electron chi connectivity index (χ4n) is 4.80. The van der Waals surface area contributed by atoms with Crippen LogP contribution in [0.1, 0.15) is 66.1 Å². The highest BCUT2D eigenvalue weighted by atomic mass is 16.5. The summed E-state index contributed by atoms with van der Waals surface area (Å²) in [6.45, 7) is 2.98. The molecule has 1 unspecified atom stereocenters. The fraction of sp³-hybridized carbons (Fsp3) is 0.517. The van der Waals surface area contributed by atoms with Gasteiger partial charge in [0, 0.05) is 24.6 Å². The number of carboxylic acid groups (broad SMARTS) is 1. The van der Waals surface area contributed by atoms with Crippen LogP contribution in [0.4, 0.5) is 0 Å². The third-order valence-corrected chi connectivity index (χ3v) is 6.90. The van der Waals surface area contributed by atoms with Crippen LogP contribution in [0.5, 0.6) is 23.0 Å². The molecule has 0 radical (unpaired) electrons. The smallest absolute Gasteiger partial charge is 0.344 e. The average Bonchev–Trinajstić information content (AvgIpc) is 3.73. The Bertz CT molecular complexity index is 1130. The zero-order valence-corrected chi connectivity index (χ0v) is 21.9. The SMILES string of the molecule is CCCc1c(OCCCOc2ccc(C(=O)NC)c(OC)c2CC2CC2)ccc2c1OC(C(=O)O)CC2. The van der Waals surface area contributed by atoms with Crippen molar-refractivity contribution in [3.8, 4) is 23.0 Å². The number of amides is 1. The molecule has 1 saturated carbocycles. The molecular weight excluding hydrogens is 474 g/mol. The van der Waals surface area contributed by atoms with E-state index in [-0.39, 0.29) is 5.91 Å². The van der Waals surface area contributed by atoms with Crippen LogP contribution in [-0.4, -0.2) is 50.5 Å². The number of hydrogen-bond acceptors (Lipinski definition) is 6. The zero-order valence-electron chi connectivity index (χ0n) is 21.9. The Morgan fingerprint density at radius 3 is 2.38 bits per heavy atom. The highest BCUT2D eigenvalue weighted by Crippen LogP contribution is 2.41. The van der Waals surface area contributed by atoms with Gasteiger partial charge in [0.2, 0.25) is 0 Å². The number of methoxy groups -OCH3 is 1. The fourth-order valence-corrected chi connectivity index (χ4v) is 4.80. The van der Waals surface area contributed by atoms with Gasteiger partial charge in [0.1, 0.15) is 23.0 Å². The Labute approximate surface area is 218 Å². The van der Waals surface area contributed by atoms with Gasteiger partial charge in [-0.2, -0.15) is 0 Å². The summed E-state index contributed by atoms with van der Waals surface area (Å²) in [6, 6.07) is 7.53. The molecule has 2 aromatic carbocycles. The molecule has 2 aromatic rings. The van der Waals surface area contributed by atoms with Gasteiger partial charge in [-0.25, -0.2) is 4.79 Å². The second-order valence-electron chi connectivity index (χ2n) is 9.66. The van der Waals surface area contributed by atoms with Crippen LogP contribution >= 0.6 is 0 Å². The summed E-state index contributed by atoms with van der Waals surface area (Å²) in [5.74, 6) is 2.21. The standard InChI is InChI=1S/C29H37NO7/c1-4-6-20-23(12-9-19-10-13-25(29(32)33)37-26(19)20)35-15-5-16-36-24-14-11-21(28(31)30-2)27(34-3)22(24)17-18-7-8-18/h9,11-12,14,18,25H,4-8,10,13,15-17H2,1-3H3,(H,30,31)(H,32,33). The van der Waals surface area contributed by atoms with E-state index in [0.717, 1.165) is 47.5 Å². The molecule has 4 rings (SSSR count). The largest absolute Gasteiger partial charge is 0.495 e. The van der Waals surface area contributed by atoms with Crippen LogP contribution in [0.15, 0.2) is 24.3 Å². The first-order valence-electron chi connectivity index (χ1n) is 13.2. The predicted octanol–water partition coefficient (Wildman–Crippen LogP) is 4.59. The highest BCUT2D eigenvalue weighted by molar-refractivity contribution is 5.97. The number of fused-ring (bicyclic) bond motifs is 1. The molecule has 200 valence electrons. The maximum atomic E-state index is 12.3. The lowest BCUT2D eigenvalue weighted by Gasteiger charge is -2.26. The normalized spacial score (nSPS) is 16.4. The van der Waals surface area contributed by atoms with Gasteiger partial charge in [-0.05, 0) is 68.2 Å². The molecule has 0 bridgehead atoms.